The number of rotatable bonds is 9. The summed E-state index contributed by atoms with van der Waals surface area (Å²) in [6.45, 7) is 2.31. The lowest BCUT2D eigenvalue weighted by Gasteiger charge is -2.07. The normalized spacial score (nSPS) is 11.9. The number of benzene rings is 2. The van der Waals surface area contributed by atoms with E-state index in [1.54, 1.807) is 0 Å². The number of pyridine rings is 2. The molecule has 0 aliphatic heterocycles. The molecule has 1 aliphatic carbocycles. The first-order valence-corrected chi connectivity index (χ1v) is 14.6. The molecular weight excluding hydrogens is 659 g/mol. The van der Waals surface area contributed by atoms with Gasteiger partial charge in [-0.15, -0.1) is 37.2 Å². The number of aromatic nitrogens is 6. The molecule has 7 rings (SSSR count). The highest BCUT2D eigenvalue weighted by atomic mass is 35.5. The lowest BCUT2D eigenvalue weighted by Crippen LogP contribution is -2.17. The maximum absolute atomic E-state index is 8.81. The zero-order valence-corrected chi connectivity index (χ0v) is 27.9. The number of nitrogens with zero attached hydrogens (tertiary/aromatic N) is 6. The first-order valence-electron chi connectivity index (χ1n) is 14.6. The molecule has 7 N–H and O–H groups in total. The van der Waals surface area contributed by atoms with Crippen LogP contribution in [0.3, 0.4) is 0 Å². The number of nitrogens with one attached hydrogen (secondary N) is 2. The van der Waals surface area contributed by atoms with Crippen LogP contribution in [0.2, 0.25) is 0 Å². The molecule has 0 amide bonds. The number of nitrogen functional groups attached to an aromatic ring is 2. The van der Waals surface area contributed by atoms with E-state index in [0.29, 0.717) is 41.8 Å². The third-order valence-corrected chi connectivity index (χ3v) is 7.26. The second kappa shape index (κ2) is 17.6. The average molecular weight is 696 g/mol. The molecule has 0 radical (unpaired) electrons. The number of aliphatic hydroxyl groups is 1. The Kier molecular flexibility index (Phi) is 14.0. The van der Waals surface area contributed by atoms with Crippen molar-refractivity contribution in [2.45, 2.75) is 32.0 Å². The van der Waals surface area contributed by atoms with E-state index in [4.69, 9.17) is 16.6 Å². The van der Waals surface area contributed by atoms with Gasteiger partial charge in [0.2, 0.25) is 0 Å². The zero-order chi connectivity index (χ0) is 30.3. The summed E-state index contributed by atoms with van der Waals surface area (Å²) in [5.74, 6) is 0.797. The molecule has 1 saturated carbocycles. The van der Waals surface area contributed by atoms with Gasteiger partial charge >= 0.3 is 0 Å². The Hall–Kier alpha value is -4.23. The smallest absolute Gasteiger partial charge is 0.153 e. The molecular formula is C33H37Cl3N10O. The average Bonchev–Trinajstić information content (AvgIpc) is 3.90. The maximum Gasteiger partial charge on any atom is 0.153 e. The molecule has 47 heavy (non-hydrogen) atoms. The quantitative estimate of drug-likeness (QED) is 0.127. The van der Waals surface area contributed by atoms with Crippen LogP contribution in [-0.2, 0) is 13.1 Å². The fourth-order valence-corrected chi connectivity index (χ4v) is 4.78. The number of hydrogen-bond donors (Lipinski definition) is 5. The largest absolute Gasteiger partial charge is 0.395 e. The molecule has 2 aromatic carbocycles. The van der Waals surface area contributed by atoms with Gasteiger partial charge in [-0.2, -0.15) is 0 Å². The van der Waals surface area contributed by atoms with Crippen LogP contribution in [0, 0.1) is 0 Å². The summed E-state index contributed by atoms with van der Waals surface area (Å²) >= 11 is 0. The second-order valence-electron chi connectivity index (χ2n) is 10.6. The van der Waals surface area contributed by atoms with E-state index in [1.807, 2.05) is 42.5 Å². The molecule has 6 aromatic rings. The van der Waals surface area contributed by atoms with Crippen molar-refractivity contribution in [1.82, 2.24) is 40.5 Å². The van der Waals surface area contributed by atoms with Crippen molar-refractivity contribution in [1.29, 1.82) is 0 Å². The van der Waals surface area contributed by atoms with Crippen LogP contribution >= 0.6 is 37.2 Å². The predicted molar refractivity (Wildman–Crippen MR) is 195 cm³/mol. The van der Waals surface area contributed by atoms with Crippen molar-refractivity contribution < 1.29 is 5.11 Å². The van der Waals surface area contributed by atoms with E-state index in [2.05, 4.69) is 70.9 Å². The summed E-state index contributed by atoms with van der Waals surface area (Å²) in [4.78, 5) is 25.5. The lowest BCUT2D eigenvalue weighted by molar-refractivity contribution is 0.292. The van der Waals surface area contributed by atoms with Gasteiger partial charge in [0.1, 0.15) is 23.7 Å². The molecule has 14 heteroatoms. The molecule has 0 atom stereocenters. The van der Waals surface area contributed by atoms with Gasteiger partial charge in [-0.05, 0) is 60.4 Å². The van der Waals surface area contributed by atoms with Gasteiger partial charge in [0.05, 0.1) is 29.0 Å². The minimum absolute atomic E-state index is 0. The molecule has 246 valence electrons. The van der Waals surface area contributed by atoms with Crippen molar-refractivity contribution in [2.24, 2.45) is 0 Å². The van der Waals surface area contributed by atoms with Gasteiger partial charge in [-0.1, -0.05) is 36.4 Å². The van der Waals surface area contributed by atoms with Crippen molar-refractivity contribution in [3.8, 4) is 22.5 Å². The number of fused-ring (bicyclic) bond motifs is 2. The summed E-state index contributed by atoms with van der Waals surface area (Å²) in [5, 5.41) is 15.5. The van der Waals surface area contributed by atoms with Crippen molar-refractivity contribution in [3.63, 3.8) is 0 Å². The van der Waals surface area contributed by atoms with E-state index >= 15 is 0 Å². The predicted octanol–water partition coefficient (Wildman–Crippen LogP) is 5.15. The minimum atomic E-state index is 0. The molecule has 4 heterocycles. The molecule has 1 fully saturated rings. The van der Waals surface area contributed by atoms with Gasteiger partial charge in [-0.25, -0.2) is 29.9 Å². The van der Waals surface area contributed by atoms with Crippen LogP contribution in [0.25, 0.3) is 44.6 Å². The van der Waals surface area contributed by atoms with Gasteiger partial charge in [0.25, 0.3) is 0 Å². The molecule has 4 aromatic heterocycles. The monoisotopic (exact) mass is 694 g/mol. The Morgan fingerprint density at radius 2 is 1.17 bits per heavy atom. The van der Waals surface area contributed by atoms with Crippen molar-refractivity contribution in [2.75, 3.05) is 24.6 Å². The molecule has 0 saturated heterocycles. The molecule has 1 aliphatic rings. The molecule has 0 spiro atoms. The standard InChI is InChI=1S/C17H17N5.C16H17N5O.3ClH/c18-17-16-15(20-10-21-17)7-6-14(22-16)12-3-1-2-11(8-12)9-19-13-4-5-13;17-16-15-14(19-10-20-16)5-4-13(21-15)12-3-1-2-11(8-12)9-18-6-7-22;;;/h1-3,6-8,10,13,19H,4-5,9H2,(H2,18,20,21);1-5,8,10,18,22H,6-7,9H2,(H2,17,19,20);3*1H. The van der Waals surface area contributed by atoms with Crippen LogP contribution in [0.1, 0.15) is 24.0 Å². The number of anilines is 2. The van der Waals surface area contributed by atoms with E-state index < -0.39 is 0 Å². The maximum atomic E-state index is 8.81. The van der Waals surface area contributed by atoms with Crippen molar-refractivity contribution >= 4 is 70.9 Å². The van der Waals surface area contributed by atoms with E-state index in [-0.39, 0.29) is 43.8 Å². The van der Waals surface area contributed by atoms with Gasteiger partial charge in [0.15, 0.2) is 11.6 Å². The zero-order valence-electron chi connectivity index (χ0n) is 25.4. The SMILES string of the molecule is Cl.Cl.Cl.Nc1ncnc2ccc(-c3cccc(CNC4CC4)c3)nc12.Nc1ncnc2ccc(-c3cccc(CNCCO)c3)nc12. The summed E-state index contributed by atoms with van der Waals surface area (Å²) < 4.78 is 0. The van der Waals surface area contributed by atoms with Crippen LogP contribution in [0.5, 0.6) is 0 Å². The highest BCUT2D eigenvalue weighted by Gasteiger charge is 2.20. The Balaban J connectivity index is 0.000000240. The Morgan fingerprint density at radius 3 is 1.66 bits per heavy atom. The van der Waals surface area contributed by atoms with Crippen LogP contribution < -0.4 is 22.1 Å². The molecule has 11 nitrogen and oxygen atoms in total. The highest BCUT2D eigenvalue weighted by molar-refractivity contribution is 5.87. The third-order valence-electron chi connectivity index (χ3n) is 7.26. The van der Waals surface area contributed by atoms with Crippen LogP contribution in [0.15, 0.2) is 85.5 Å². The number of nitrogens with two attached hydrogens (primary N) is 2. The van der Waals surface area contributed by atoms with E-state index in [0.717, 1.165) is 45.7 Å². The molecule has 0 bridgehead atoms. The Labute approximate surface area is 291 Å². The fourth-order valence-electron chi connectivity index (χ4n) is 4.78. The van der Waals surface area contributed by atoms with Crippen LogP contribution in [0.4, 0.5) is 11.6 Å². The van der Waals surface area contributed by atoms with Gasteiger partial charge in [-0.3, -0.25) is 0 Å². The Bertz CT molecular complexity index is 1910. The summed E-state index contributed by atoms with van der Waals surface area (Å²) in [5.41, 5.74) is 20.7. The first-order chi connectivity index (χ1) is 21.6. The second-order valence-corrected chi connectivity index (χ2v) is 10.6. The van der Waals surface area contributed by atoms with Crippen LogP contribution in [-0.4, -0.2) is 54.2 Å². The van der Waals surface area contributed by atoms with Gasteiger partial charge in [0, 0.05) is 36.8 Å². The summed E-state index contributed by atoms with van der Waals surface area (Å²) in [6, 6.07) is 25.0. The topological polar surface area (TPSA) is 174 Å². The minimum Gasteiger partial charge on any atom is -0.395 e. The number of halogens is 3. The fraction of sp³-hybridized carbons (Fsp3) is 0.212. The highest BCUT2D eigenvalue weighted by Crippen LogP contribution is 2.25. The Morgan fingerprint density at radius 1 is 0.660 bits per heavy atom. The van der Waals surface area contributed by atoms with E-state index in [1.165, 1.54) is 31.1 Å². The van der Waals surface area contributed by atoms with Crippen molar-refractivity contribution in [3.05, 3.63) is 96.6 Å². The molecule has 0 unspecified atom stereocenters. The summed E-state index contributed by atoms with van der Waals surface area (Å²) in [7, 11) is 0. The first kappa shape index (κ1) is 37.2. The third kappa shape index (κ3) is 9.64. The number of aliphatic hydroxyl groups excluding tert-OH is 1. The van der Waals surface area contributed by atoms with Gasteiger partial charge < -0.3 is 27.2 Å². The lowest BCUT2D eigenvalue weighted by atomic mass is 10.1. The van der Waals surface area contributed by atoms with E-state index in [9.17, 15) is 0 Å². The number of hydrogen-bond acceptors (Lipinski definition) is 11. The summed E-state index contributed by atoms with van der Waals surface area (Å²) in [6.07, 6.45) is 5.49.